The SMILES string of the molecule is CCOC(=O)/C(Cl)=C\c1cc(-c2ncnc(CC)c2Cl)c(F)cc1Cl. The molecule has 0 aliphatic heterocycles. The summed E-state index contributed by atoms with van der Waals surface area (Å²) in [7, 11) is 0. The highest BCUT2D eigenvalue weighted by atomic mass is 35.5. The number of carbonyl (C=O) groups excluding carboxylic acids is 1. The predicted molar refractivity (Wildman–Crippen MR) is 97.3 cm³/mol. The Labute approximate surface area is 159 Å². The fourth-order valence-electron chi connectivity index (χ4n) is 2.09. The van der Waals surface area contributed by atoms with Crippen molar-refractivity contribution in [2.75, 3.05) is 6.61 Å². The molecule has 0 N–H and O–H groups in total. The van der Waals surface area contributed by atoms with E-state index in [0.29, 0.717) is 17.7 Å². The maximum absolute atomic E-state index is 14.4. The zero-order chi connectivity index (χ0) is 18.6. The van der Waals surface area contributed by atoms with E-state index in [-0.39, 0.29) is 32.9 Å². The molecule has 0 unspecified atom stereocenters. The van der Waals surface area contributed by atoms with Crippen molar-refractivity contribution in [3.05, 3.63) is 50.6 Å². The van der Waals surface area contributed by atoms with Gasteiger partial charge in [0.2, 0.25) is 0 Å². The maximum atomic E-state index is 14.4. The first-order valence-corrected chi connectivity index (χ1v) is 8.55. The molecule has 0 bridgehead atoms. The van der Waals surface area contributed by atoms with Gasteiger partial charge in [0.05, 0.1) is 28.0 Å². The van der Waals surface area contributed by atoms with Crippen molar-refractivity contribution >= 4 is 46.8 Å². The number of nitrogens with zero attached hydrogens (tertiary/aromatic N) is 2. The van der Waals surface area contributed by atoms with Crippen molar-refractivity contribution in [3.63, 3.8) is 0 Å². The highest BCUT2D eigenvalue weighted by molar-refractivity contribution is 6.43. The van der Waals surface area contributed by atoms with E-state index >= 15 is 0 Å². The standard InChI is InChI=1S/C17H14Cl3FN2O2/c1-3-14-15(20)16(23-8-22-14)10-5-9(11(18)7-13(10)21)6-12(19)17(24)25-4-2/h5-8H,3-4H2,1-2H3/b12-6+. The largest absolute Gasteiger partial charge is 0.462 e. The van der Waals surface area contributed by atoms with Gasteiger partial charge in [-0.1, -0.05) is 41.7 Å². The number of hydrogen-bond acceptors (Lipinski definition) is 4. The van der Waals surface area contributed by atoms with Gasteiger partial charge < -0.3 is 4.74 Å². The van der Waals surface area contributed by atoms with Gasteiger partial charge in [-0.2, -0.15) is 0 Å². The number of hydrogen-bond donors (Lipinski definition) is 0. The van der Waals surface area contributed by atoms with Crippen LogP contribution >= 0.6 is 34.8 Å². The molecule has 0 saturated heterocycles. The number of rotatable bonds is 5. The van der Waals surface area contributed by atoms with Crippen LogP contribution in [0.5, 0.6) is 0 Å². The first kappa shape index (κ1) is 19.6. The van der Waals surface area contributed by atoms with E-state index in [2.05, 4.69) is 9.97 Å². The van der Waals surface area contributed by atoms with Crippen LogP contribution in [0.1, 0.15) is 25.1 Å². The van der Waals surface area contributed by atoms with Crippen LogP contribution in [0, 0.1) is 5.82 Å². The molecule has 0 radical (unpaired) electrons. The third kappa shape index (κ3) is 4.48. The Morgan fingerprint density at radius 3 is 2.64 bits per heavy atom. The fraction of sp³-hybridized carbons (Fsp3) is 0.235. The van der Waals surface area contributed by atoms with E-state index in [0.717, 1.165) is 6.07 Å². The van der Waals surface area contributed by atoms with E-state index in [1.807, 2.05) is 6.92 Å². The van der Waals surface area contributed by atoms with Crippen LogP contribution in [-0.4, -0.2) is 22.5 Å². The molecule has 8 heteroatoms. The summed E-state index contributed by atoms with van der Waals surface area (Å²) in [6.45, 7) is 3.72. The third-order valence-corrected chi connectivity index (χ3v) is 4.28. The summed E-state index contributed by atoms with van der Waals surface area (Å²) in [6, 6.07) is 2.54. The number of esters is 1. The van der Waals surface area contributed by atoms with Gasteiger partial charge in [-0.15, -0.1) is 0 Å². The van der Waals surface area contributed by atoms with Gasteiger partial charge in [-0.3, -0.25) is 0 Å². The molecule has 1 heterocycles. The number of aryl methyl sites for hydroxylation is 1. The minimum absolute atomic E-state index is 0.0876. The Balaban J connectivity index is 2.56. The van der Waals surface area contributed by atoms with Crippen molar-refractivity contribution in [2.45, 2.75) is 20.3 Å². The van der Waals surface area contributed by atoms with Crippen molar-refractivity contribution in [1.82, 2.24) is 9.97 Å². The highest BCUT2D eigenvalue weighted by Gasteiger charge is 2.17. The van der Waals surface area contributed by atoms with E-state index < -0.39 is 11.8 Å². The summed E-state index contributed by atoms with van der Waals surface area (Å²) in [5.74, 6) is -1.29. The summed E-state index contributed by atoms with van der Waals surface area (Å²) >= 11 is 18.2. The number of carbonyl (C=O) groups is 1. The van der Waals surface area contributed by atoms with E-state index in [1.54, 1.807) is 6.92 Å². The molecule has 1 aromatic carbocycles. The quantitative estimate of drug-likeness (QED) is 0.502. The third-order valence-electron chi connectivity index (χ3n) is 3.29. The molecule has 0 aliphatic rings. The minimum Gasteiger partial charge on any atom is -0.462 e. The minimum atomic E-state index is -0.695. The second-order valence-electron chi connectivity index (χ2n) is 4.90. The first-order chi connectivity index (χ1) is 11.9. The molecule has 2 aromatic rings. The number of aromatic nitrogens is 2. The average molecular weight is 404 g/mol. The predicted octanol–water partition coefficient (Wildman–Crippen LogP) is 5.29. The van der Waals surface area contributed by atoms with Gasteiger partial charge in [0.1, 0.15) is 17.2 Å². The van der Waals surface area contributed by atoms with Gasteiger partial charge in [-0.05, 0) is 37.1 Å². The molecule has 0 fully saturated rings. The molecule has 25 heavy (non-hydrogen) atoms. The lowest BCUT2D eigenvalue weighted by molar-refractivity contribution is -0.137. The molecule has 0 saturated carbocycles. The Hall–Kier alpha value is -1.69. The number of ether oxygens (including phenoxy) is 1. The molecule has 0 amide bonds. The molecule has 1 aromatic heterocycles. The molecule has 132 valence electrons. The van der Waals surface area contributed by atoms with Crippen LogP contribution < -0.4 is 0 Å². The van der Waals surface area contributed by atoms with E-state index in [1.165, 1.54) is 18.5 Å². The zero-order valence-corrected chi connectivity index (χ0v) is 15.7. The second-order valence-corrected chi connectivity index (χ2v) is 6.10. The normalized spacial score (nSPS) is 11.5. The summed E-state index contributed by atoms with van der Waals surface area (Å²) in [5, 5.41) is 0.173. The zero-order valence-electron chi connectivity index (χ0n) is 13.4. The van der Waals surface area contributed by atoms with Crippen LogP contribution in [0.3, 0.4) is 0 Å². The van der Waals surface area contributed by atoms with Crippen LogP contribution in [0.2, 0.25) is 10.0 Å². The summed E-state index contributed by atoms with van der Waals surface area (Å²) in [6.07, 6.45) is 3.20. The number of halogens is 4. The molecule has 4 nitrogen and oxygen atoms in total. The molecule has 2 rings (SSSR count). The average Bonchev–Trinajstić information content (AvgIpc) is 2.58. The molecule has 0 spiro atoms. The first-order valence-electron chi connectivity index (χ1n) is 7.42. The van der Waals surface area contributed by atoms with Gasteiger partial charge in [-0.25, -0.2) is 19.2 Å². The Bertz CT molecular complexity index is 841. The second kappa shape index (κ2) is 8.61. The van der Waals surface area contributed by atoms with Crippen molar-refractivity contribution < 1.29 is 13.9 Å². The lowest BCUT2D eigenvalue weighted by Gasteiger charge is -2.10. The Morgan fingerprint density at radius 1 is 1.28 bits per heavy atom. The highest BCUT2D eigenvalue weighted by Crippen LogP contribution is 2.33. The summed E-state index contributed by atoms with van der Waals surface area (Å²) < 4.78 is 19.2. The molecular weight excluding hydrogens is 390 g/mol. The van der Waals surface area contributed by atoms with Crippen LogP contribution in [0.15, 0.2) is 23.5 Å². The van der Waals surface area contributed by atoms with Gasteiger partial charge in [0, 0.05) is 5.56 Å². The summed E-state index contributed by atoms with van der Waals surface area (Å²) in [4.78, 5) is 19.8. The van der Waals surface area contributed by atoms with Crippen molar-refractivity contribution in [1.29, 1.82) is 0 Å². The van der Waals surface area contributed by atoms with Gasteiger partial charge in [0.15, 0.2) is 0 Å². The molecule has 0 atom stereocenters. The van der Waals surface area contributed by atoms with Crippen LogP contribution in [-0.2, 0) is 16.0 Å². The Morgan fingerprint density at radius 2 is 2.00 bits per heavy atom. The summed E-state index contributed by atoms with van der Waals surface area (Å²) in [5.41, 5.74) is 1.31. The maximum Gasteiger partial charge on any atom is 0.349 e. The van der Waals surface area contributed by atoms with Gasteiger partial charge >= 0.3 is 5.97 Å². The van der Waals surface area contributed by atoms with Gasteiger partial charge in [0.25, 0.3) is 0 Å². The fourth-order valence-corrected chi connectivity index (χ4v) is 2.80. The number of benzene rings is 1. The lowest BCUT2D eigenvalue weighted by Crippen LogP contribution is -2.03. The lowest BCUT2D eigenvalue weighted by atomic mass is 10.1. The van der Waals surface area contributed by atoms with Crippen LogP contribution in [0.25, 0.3) is 17.3 Å². The monoisotopic (exact) mass is 402 g/mol. The van der Waals surface area contributed by atoms with Crippen LogP contribution in [0.4, 0.5) is 4.39 Å². The van der Waals surface area contributed by atoms with E-state index in [9.17, 15) is 9.18 Å². The van der Waals surface area contributed by atoms with Crippen molar-refractivity contribution in [2.24, 2.45) is 0 Å². The van der Waals surface area contributed by atoms with Crippen molar-refractivity contribution in [3.8, 4) is 11.3 Å². The topological polar surface area (TPSA) is 52.1 Å². The Kier molecular flexibility index (Phi) is 6.76. The molecular formula is C17H14Cl3FN2O2. The smallest absolute Gasteiger partial charge is 0.349 e. The molecule has 0 aliphatic carbocycles. The van der Waals surface area contributed by atoms with E-state index in [4.69, 9.17) is 39.5 Å².